The second-order valence-corrected chi connectivity index (χ2v) is 7.80. The number of hydrogen-bond acceptors (Lipinski definition) is 6. The van der Waals surface area contributed by atoms with Crippen LogP contribution in [-0.2, 0) is 0 Å². The van der Waals surface area contributed by atoms with Crippen molar-refractivity contribution in [1.82, 2.24) is 29.1 Å². The molecule has 4 aromatic rings. The molecule has 2 N–H and O–H groups in total. The average Bonchev–Trinajstić information content (AvgIpc) is 3.19. The molecule has 0 aromatic carbocycles. The molecule has 28 heavy (non-hydrogen) atoms. The fraction of sp³-hybridized carbons (Fsp3) is 0.400. The van der Waals surface area contributed by atoms with Gasteiger partial charge >= 0.3 is 0 Å². The van der Waals surface area contributed by atoms with Crippen LogP contribution in [0.3, 0.4) is 0 Å². The van der Waals surface area contributed by atoms with Gasteiger partial charge in [-0.2, -0.15) is 0 Å². The van der Waals surface area contributed by atoms with Gasteiger partial charge < -0.3 is 15.0 Å². The van der Waals surface area contributed by atoms with E-state index < -0.39 is 0 Å². The summed E-state index contributed by atoms with van der Waals surface area (Å²) in [5.74, 6) is 1.55. The average molecular weight is 377 g/mol. The first-order valence-electron chi connectivity index (χ1n) is 9.63. The van der Waals surface area contributed by atoms with Crippen LogP contribution < -0.4 is 5.32 Å². The zero-order valence-electron chi connectivity index (χ0n) is 16.2. The van der Waals surface area contributed by atoms with E-state index in [-0.39, 0.29) is 12.1 Å². The van der Waals surface area contributed by atoms with Crippen molar-refractivity contribution in [3.05, 3.63) is 36.5 Å². The van der Waals surface area contributed by atoms with Gasteiger partial charge in [-0.1, -0.05) is 0 Å². The fourth-order valence-corrected chi connectivity index (χ4v) is 3.99. The first kappa shape index (κ1) is 17.1. The number of fused-ring (bicyclic) bond motifs is 2. The highest BCUT2D eigenvalue weighted by molar-refractivity contribution is 5.85. The molecule has 1 saturated carbocycles. The SMILES string of the molecule is Cc1nc2ncc(-c3ccn4nc(N[C@H]5C[C@@H](O)C5)ncc34)cc2n1C(C)C. The van der Waals surface area contributed by atoms with E-state index in [9.17, 15) is 5.11 Å². The summed E-state index contributed by atoms with van der Waals surface area (Å²) in [5, 5.41) is 17.3. The van der Waals surface area contributed by atoms with Crippen molar-refractivity contribution in [2.24, 2.45) is 0 Å². The Bertz CT molecular complexity index is 1170. The fourth-order valence-electron chi connectivity index (χ4n) is 3.99. The Labute approximate surface area is 162 Å². The molecule has 1 aliphatic rings. The van der Waals surface area contributed by atoms with Crippen molar-refractivity contribution in [2.45, 2.75) is 51.8 Å². The van der Waals surface area contributed by atoms with Gasteiger partial charge in [-0.25, -0.2) is 19.5 Å². The van der Waals surface area contributed by atoms with E-state index in [0.29, 0.717) is 12.0 Å². The van der Waals surface area contributed by atoms with E-state index in [2.05, 4.69) is 49.8 Å². The lowest BCUT2D eigenvalue weighted by atomic mass is 9.90. The summed E-state index contributed by atoms with van der Waals surface area (Å²) in [7, 11) is 0. The summed E-state index contributed by atoms with van der Waals surface area (Å²) in [6.45, 7) is 6.31. The highest BCUT2D eigenvalue weighted by Gasteiger charge is 2.27. The third-order valence-corrected chi connectivity index (χ3v) is 5.41. The van der Waals surface area contributed by atoms with Gasteiger partial charge in [0, 0.05) is 35.6 Å². The lowest BCUT2D eigenvalue weighted by molar-refractivity contribution is 0.0833. The Morgan fingerprint density at radius 2 is 2.00 bits per heavy atom. The molecule has 1 fully saturated rings. The number of hydrogen-bond donors (Lipinski definition) is 2. The van der Waals surface area contributed by atoms with E-state index in [1.165, 1.54) is 0 Å². The van der Waals surface area contributed by atoms with Crippen LogP contribution in [0.25, 0.3) is 27.8 Å². The molecule has 0 aliphatic heterocycles. The van der Waals surface area contributed by atoms with Crippen LogP contribution >= 0.6 is 0 Å². The Hall–Kier alpha value is -3.00. The Balaban J connectivity index is 1.53. The predicted octanol–water partition coefficient (Wildman–Crippen LogP) is 2.97. The number of anilines is 1. The van der Waals surface area contributed by atoms with Gasteiger partial charge in [0.15, 0.2) is 5.65 Å². The maximum atomic E-state index is 9.43. The number of nitrogens with zero attached hydrogens (tertiary/aromatic N) is 6. The maximum absolute atomic E-state index is 9.43. The van der Waals surface area contributed by atoms with Crippen LogP contribution in [-0.4, -0.2) is 46.4 Å². The molecular formula is C20H23N7O. The molecule has 5 rings (SSSR count). The van der Waals surface area contributed by atoms with Gasteiger partial charge in [-0.15, -0.1) is 5.10 Å². The Morgan fingerprint density at radius 1 is 1.18 bits per heavy atom. The van der Waals surface area contributed by atoms with Gasteiger partial charge in [-0.3, -0.25) is 0 Å². The standard InChI is InChI=1S/C20H23N7O/c1-11(2)27-12(3)23-19-17(27)6-13(9-21-19)16-4-5-26-18(16)10-22-20(25-26)24-14-7-15(28)8-14/h4-6,9-11,14-15,28H,7-8H2,1-3H3,(H,24,25)/t14-,15+. The number of aliphatic hydroxyl groups excluding tert-OH is 1. The van der Waals surface area contributed by atoms with Crippen LogP contribution in [0.5, 0.6) is 0 Å². The van der Waals surface area contributed by atoms with Crippen LogP contribution in [0.1, 0.15) is 38.6 Å². The van der Waals surface area contributed by atoms with E-state index in [0.717, 1.165) is 46.5 Å². The number of pyridine rings is 1. The van der Waals surface area contributed by atoms with Gasteiger partial charge in [0.2, 0.25) is 5.95 Å². The van der Waals surface area contributed by atoms with Gasteiger partial charge in [-0.05, 0) is 45.7 Å². The van der Waals surface area contributed by atoms with E-state index in [4.69, 9.17) is 0 Å². The minimum Gasteiger partial charge on any atom is -0.393 e. The number of aromatic nitrogens is 6. The van der Waals surface area contributed by atoms with Crippen LogP contribution in [0, 0.1) is 6.92 Å². The molecule has 4 heterocycles. The number of imidazole rings is 1. The molecular weight excluding hydrogens is 354 g/mol. The quantitative estimate of drug-likeness (QED) is 0.568. The molecule has 0 saturated heterocycles. The van der Waals surface area contributed by atoms with Gasteiger partial charge in [0.25, 0.3) is 0 Å². The van der Waals surface area contributed by atoms with Crippen molar-refractivity contribution in [2.75, 3.05) is 5.32 Å². The number of nitrogens with one attached hydrogen (secondary N) is 1. The van der Waals surface area contributed by atoms with E-state index in [1.54, 1.807) is 0 Å². The largest absolute Gasteiger partial charge is 0.393 e. The lowest BCUT2D eigenvalue weighted by Crippen LogP contribution is -2.39. The summed E-state index contributed by atoms with van der Waals surface area (Å²) < 4.78 is 4.03. The van der Waals surface area contributed by atoms with Crippen molar-refractivity contribution >= 4 is 22.6 Å². The maximum Gasteiger partial charge on any atom is 0.241 e. The zero-order valence-corrected chi connectivity index (χ0v) is 16.2. The molecule has 0 amide bonds. The van der Waals surface area contributed by atoms with Crippen molar-refractivity contribution < 1.29 is 5.11 Å². The molecule has 0 bridgehead atoms. The topological polar surface area (TPSA) is 93.2 Å². The summed E-state index contributed by atoms with van der Waals surface area (Å²) >= 11 is 0. The Kier molecular flexibility index (Phi) is 3.83. The van der Waals surface area contributed by atoms with Crippen molar-refractivity contribution in [3.63, 3.8) is 0 Å². The highest BCUT2D eigenvalue weighted by atomic mass is 16.3. The predicted molar refractivity (Wildman–Crippen MR) is 107 cm³/mol. The second-order valence-electron chi connectivity index (χ2n) is 7.80. The van der Waals surface area contributed by atoms with Gasteiger partial charge in [0.05, 0.1) is 23.3 Å². The summed E-state index contributed by atoms with van der Waals surface area (Å²) in [6, 6.07) is 4.73. The molecule has 0 atom stereocenters. The zero-order chi connectivity index (χ0) is 19.4. The van der Waals surface area contributed by atoms with Crippen LogP contribution in [0.15, 0.2) is 30.7 Å². The molecule has 8 heteroatoms. The summed E-state index contributed by atoms with van der Waals surface area (Å²) in [5.41, 5.74) is 4.78. The number of rotatable bonds is 4. The molecule has 0 spiro atoms. The van der Waals surface area contributed by atoms with Gasteiger partial charge in [0.1, 0.15) is 5.82 Å². The smallest absolute Gasteiger partial charge is 0.241 e. The Morgan fingerprint density at radius 3 is 2.75 bits per heavy atom. The molecule has 1 aliphatic carbocycles. The monoisotopic (exact) mass is 377 g/mol. The third-order valence-electron chi connectivity index (χ3n) is 5.41. The molecule has 4 aromatic heterocycles. The highest BCUT2D eigenvalue weighted by Crippen LogP contribution is 2.29. The molecule has 144 valence electrons. The normalized spacial score (nSPS) is 19.5. The molecule has 0 radical (unpaired) electrons. The van der Waals surface area contributed by atoms with Crippen LogP contribution in [0.2, 0.25) is 0 Å². The number of aryl methyl sites for hydroxylation is 1. The third kappa shape index (κ3) is 2.72. The molecule has 8 nitrogen and oxygen atoms in total. The van der Waals surface area contributed by atoms with Crippen molar-refractivity contribution in [3.8, 4) is 11.1 Å². The first-order valence-corrected chi connectivity index (χ1v) is 9.63. The minimum atomic E-state index is -0.204. The summed E-state index contributed by atoms with van der Waals surface area (Å²) in [6.07, 6.45) is 6.90. The van der Waals surface area contributed by atoms with E-state index >= 15 is 0 Å². The summed E-state index contributed by atoms with van der Waals surface area (Å²) in [4.78, 5) is 13.6. The second kappa shape index (κ2) is 6.27. The molecule has 0 unspecified atom stereocenters. The number of aliphatic hydroxyl groups is 1. The van der Waals surface area contributed by atoms with Crippen LogP contribution in [0.4, 0.5) is 5.95 Å². The lowest BCUT2D eigenvalue weighted by Gasteiger charge is -2.31. The van der Waals surface area contributed by atoms with Crippen molar-refractivity contribution in [1.29, 1.82) is 0 Å². The minimum absolute atomic E-state index is 0.204. The van der Waals surface area contributed by atoms with E-state index in [1.807, 2.05) is 36.1 Å². The first-order chi connectivity index (χ1) is 13.5.